The first-order chi connectivity index (χ1) is 9.54. The minimum Gasteiger partial charge on any atom is -0.270 e. The van der Waals surface area contributed by atoms with Crippen LogP contribution in [0.25, 0.3) is 0 Å². The molecule has 0 aliphatic heterocycles. The van der Waals surface area contributed by atoms with Crippen LogP contribution in [0.2, 0.25) is 0 Å². The largest absolute Gasteiger partial charge is 0.270 e. The van der Waals surface area contributed by atoms with Crippen LogP contribution in [0.3, 0.4) is 0 Å². The molecule has 2 rings (SSSR count). The van der Waals surface area contributed by atoms with E-state index in [9.17, 15) is 8.42 Å². The van der Waals surface area contributed by atoms with Gasteiger partial charge in [0.15, 0.2) is 0 Å². The van der Waals surface area contributed by atoms with Crippen molar-refractivity contribution in [1.29, 1.82) is 0 Å². The zero-order valence-electron chi connectivity index (χ0n) is 11.8. The average molecular weight is 320 g/mol. The first kappa shape index (κ1) is 15.8. The first-order valence-electron chi connectivity index (χ1n) is 7.09. The van der Waals surface area contributed by atoms with Crippen molar-refractivity contribution in [2.75, 3.05) is 19.5 Å². The second-order valence-corrected chi connectivity index (χ2v) is 7.84. The SMILES string of the molecule is CN(CC1CCCCC1)S(=O)(=O)c1cnn(CCCl)c1. The lowest BCUT2D eigenvalue weighted by atomic mass is 9.89. The second kappa shape index (κ2) is 6.91. The van der Waals surface area contributed by atoms with E-state index in [1.54, 1.807) is 17.9 Å². The Balaban J connectivity index is 2.03. The Hall–Kier alpha value is -0.590. The standard InChI is InChI=1S/C13H22ClN3O2S/c1-16(10-12-5-3-2-4-6-12)20(18,19)13-9-15-17(11-13)8-7-14/h9,11-12H,2-8,10H2,1H3. The van der Waals surface area contributed by atoms with Gasteiger partial charge in [0.05, 0.1) is 12.7 Å². The average Bonchev–Trinajstić information content (AvgIpc) is 2.89. The normalized spacial score (nSPS) is 17.8. The number of halogens is 1. The van der Waals surface area contributed by atoms with Crippen LogP contribution in [0.1, 0.15) is 32.1 Å². The predicted octanol–water partition coefficient (Wildman–Crippen LogP) is 2.32. The Morgan fingerprint density at radius 3 is 2.75 bits per heavy atom. The van der Waals surface area contributed by atoms with Crippen LogP contribution in [-0.4, -0.2) is 42.0 Å². The minimum atomic E-state index is -3.43. The van der Waals surface area contributed by atoms with Crippen LogP contribution in [-0.2, 0) is 16.6 Å². The van der Waals surface area contributed by atoms with Gasteiger partial charge in [-0.2, -0.15) is 5.10 Å². The molecule has 5 nitrogen and oxygen atoms in total. The maximum atomic E-state index is 12.5. The molecule has 7 heteroatoms. The lowest BCUT2D eigenvalue weighted by Gasteiger charge is -2.26. The molecule has 1 fully saturated rings. The van der Waals surface area contributed by atoms with Crippen LogP contribution in [0.4, 0.5) is 0 Å². The summed E-state index contributed by atoms with van der Waals surface area (Å²) >= 11 is 5.63. The Labute approximate surface area is 126 Å². The van der Waals surface area contributed by atoms with Crippen LogP contribution in [0, 0.1) is 5.92 Å². The van der Waals surface area contributed by atoms with E-state index in [1.807, 2.05) is 0 Å². The molecular formula is C13H22ClN3O2S. The molecule has 0 bridgehead atoms. The summed E-state index contributed by atoms with van der Waals surface area (Å²) in [5.41, 5.74) is 0. The van der Waals surface area contributed by atoms with Crippen molar-refractivity contribution in [3.8, 4) is 0 Å². The van der Waals surface area contributed by atoms with Gasteiger partial charge in [0.2, 0.25) is 10.0 Å². The van der Waals surface area contributed by atoms with Gasteiger partial charge in [-0.1, -0.05) is 19.3 Å². The molecule has 1 heterocycles. The van der Waals surface area contributed by atoms with Gasteiger partial charge < -0.3 is 0 Å². The van der Waals surface area contributed by atoms with Crippen molar-refractivity contribution in [2.45, 2.75) is 43.5 Å². The van der Waals surface area contributed by atoms with Crippen molar-refractivity contribution >= 4 is 21.6 Å². The monoisotopic (exact) mass is 319 g/mol. The number of rotatable bonds is 6. The maximum Gasteiger partial charge on any atom is 0.245 e. The van der Waals surface area contributed by atoms with Crippen LogP contribution in [0.15, 0.2) is 17.3 Å². The molecule has 1 aliphatic rings. The molecule has 0 spiro atoms. The predicted molar refractivity (Wildman–Crippen MR) is 79.3 cm³/mol. The maximum absolute atomic E-state index is 12.5. The van der Waals surface area contributed by atoms with Crippen LogP contribution in [0.5, 0.6) is 0 Å². The summed E-state index contributed by atoms with van der Waals surface area (Å²) in [7, 11) is -1.77. The minimum absolute atomic E-state index is 0.251. The fraction of sp³-hybridized carbons (Fsp3) is 0.769. The number of aryl methyl sites for hydroxylation is 1. The van der Waals surface area contributed by atoms with Crippen molar-refractivity contribution in [2.24, 2.45) is 5.92 Å². The summed E-state index contributed by atoms with van der Waals surface area (Å²) in [4.78, 5) is 0.251. The molecule has 0 N–H and O–H groups in total. The lowest BCUT2D eigenvalue weighted by Crippen LogP contribution is -2.32. The molecule has 1 aromatic rings. The lowest BCUT2D eigenvalue weighted by molar-refractivity contribution is 0.300. The fourth-order valence-electron chi connectivity index (χ4n) is 2.70. The summed E-state index contributed by atoms with van der Waals surface area (Å²) in [5, 5.41) is 4.03. The fourth-order valence-corrected chi connectivity index (χ4v) is 4.07. The van der Waals surface area contributed by atoms with Gasteiger partial charge >= 0.3 is 0 Å². The number of alkyl halides is 1. The number of nitrogens with zero attached hydrogens (tertiary/aromatic N) is 3. The molecule has 0 radical (unpaired) electrons. The van der Waals surface area contributed by atoms with E-state index in [0.717, 1.165) is 12.8 Å². The van der Waals surface area contributed by atoms with Gasteiger partial charge in [0.1, 0.15) is 4.90 Å². The molecular weight excluding hydrogens is 298 g/mol. The molecule has 0 aromatic carbocycles. The summed E-state index contributed by atoms with van der Waals surface area (Å²) in [5.74, 6) is 0.903. The molecule has 1 saturated carbocycles. The molecule has 1 aromatic heterocycles. The Morgan fingerprint density at radius 1 is 1.40 bits per heavy atom. The van der Waals surface area contributed by atoms with Gasteiger partial charge in [-0.3, -0.25) is 4.68 Å². The summed E-state index contributed by atoms with van der Waals surface area (Å²) in [6.45, 7) is 1.12. The topological polar surface area (TPSA) is 55.2 Å². The van der Waals surface area contributed by atoms with Crippen molar-refractivity contribution in [3.63, 3.8) is 0 Å². The van der Waals surface area contributed by atoms with Gasteiger partial charge in [-0.25, -0.2) is 12.7 Å². The first-order valence-corrected chi connectivity index (χ1v) is 9.06. The zero-order valence-corrected chi connectivity index (χ0v) is 13.4. The van der Waals surface area contributed by atoms with Crippen molar-refractivity contribution in [1.82, 2.24) is 14.1 Å². The molecule has 0 amide bonds. The molecule has 0 saturated heterocycles. The van der Waals surface area contributed by atoms with Crippen LogP contribution >= 0.6 is 11.6 Å². The van der Waals surface area contributed by atoms with Gasteiger partial charge in [0.25, 0.3) is 0 Å². The number of hydrogen-bond acceptors (Lipinski definition) is 3. The van der Waals surface area contributed by atoms with Crippen molar-refractivity contribution in [3.05, 3.63) is 12.4 Å². The Morgan fingerprint density at radius 2 is 2.10 bits per heavy atom. The third-order valence-electron chi connectivity index (χ3n) is 3.87. The molecule has 0 unspecified atom stereocenters. The third-order valence-corrected chi connectivity index (χ3v) is 5.82. The molecule has 0 atom stereocenters. The molecule has 1 aliphatic carbocycles. The highest BCUT2D eigenvalue weighted by Crippen LogP contribution is 2.25. The van der Waals surface area contributed by atoms with Gasteiger partial charge in [-0.05, 0) is 18.8 Å². The van der Waals surface area contributed by atoms with E-state index in [2.05, 4.69) is 5.10 Å². The van der Waals surface area contributed by atoms with E-state index < -0.39 is 10.0 Å². The van der Waals surface area contributed by atoms with E-state index in [-0.39, 0.29) is 4.90 Å². The quantitative estimate of drug-likeness (QED) is 0.756. The van der Waals surface area contributed by atoms with Crippen LogP contribution < -0.4 is 0 Å². The molecule has 20 heavy (non-hydrogen) atoms. The van der Waals surface area contributed by atoms with Crippen molar-refractivity contribution < 1.29 is 8.42 Å². The second-order valence-electron chi connectivity index (χ2n) is 5.42. The third kappa shape index (κ3) is 3.74. The van der Waals surface area contributed by atoms with E-state index in [4.69, 9.17) is 11.6 Å². The summed E-state index contributed by atoms with van der Waals surface area (Å²) in [6.07, 6.45) is 8.92. The Bertz CT molecular complexity index is 523. The Kier molecular flexibility index (Phi) is 5.46. The smallest absolute Gasteiger partial charge is 0.245 e. The highest BCUT2D eigenvalue weighted by atomic mass is 35.5. The van der Waals surface area contributed by atoms with Gasteiger partial charge in [-0.15, -0.1) is 11.6 Å². The zero-order chi connectivity index (χ0) is 14.6. The summed E-state index contributed by atoms with van der Waals surface area (Å²) in [6, 6.07) is 0. The van der Waals surface area contributed by atoms with E-state index >= 15 is 0 Å². The number of sulfonamides is 1. The highest BCUT2D eigenvalue weighted by Gasteiger charge is 2.25. The summed E-state index contributed by atoms with van der Waals surface area (Å²) < 4.78 is 28.0. The highest BCUT2D eigenvalue weighted by molar-refractivity contribution is 7.89. The number of hydrogen-bond donors (Lipinski definition) is 0. The van der Waals surface area contributed by atoms with Gasteiger partial charge in [0, 0.05) is 25.7 Å². The number of aromatic nitrogens is 2. The molecule has 114 valence electrons. The van der Waals surface area contributed by atoms with E-state index in [0.29, 0.717) is 24.9 Å². The van der Waals surface area contributed by atoms with E-state index in [1.165, 1.54) is 29.8 Å².